The van der Waals surface area contributed by atoms with Crippen molar-refractivity contribution < 1.29 is 15.0 Å². The summed E-state index contributed by atoms with van der Waals surface area (Å²) in [4.78, 5) is 9.98. The first-order valence-electron chi connectivity index (χ1n) is 4.60. The number of nitrogen functional groups attached to an aromatic ring is 1. The van der Waals surface area contributed by atoms with Gasteiger partial charge in [-0.15, -0.1) is 0 Å². The fourth-order valence-electron chi connectivity index (χ4n) is 0.699. The Bertz CT molecular complexity index is 249. The molecule has 0 aliphatic rings. The molecule has 0 radical (unpaired) electrons. The van der Waals surface area contributed by atoms with E-state index in [1.807, 2.05) is 37.3 Å². The molecular formula is C11H19NO3. The van der Waals surface area contributed by atoms with E-state index in [1.165, 1.54) is 6.92 Å². The van der Waals surface area contributed by atoms with Gasteiger partial charge in [-0.3, -0.25) is 4.79 Å². The topological polar surface area (TPSA) is 83.8 Å². The van der Waals surface area contributed by atoms with Gasteiger partial charge in [-0.25, -0.2) is 0 Å². The van der Waals surface area contributed by atoms with E-state index in [-0.39, 0.29) is 11.4 Å². The smallest absolute Gasteiger partial charge is 0.302 e. The number of nitrogens with two attached hydrogens (primary N) is 1. The summed E-state index contributed by atoms with van der Waals surface area (Å²) in [5, 5.41) is 0. The normalized spacial score (nSPS) is 7.87. The lowest BCUT2D eigenvalue weighted by molar-refractivity contribution is -0.140. The number of carbonyl (C=O) groups excluding carboxylic acids is 1. The van der Waals surface area contributed by atoms with Crippen molar-refractivity contribution in [3.63, 3.8) is 0 Å². The maximum Gasteiger partial charge on any atom is 0.302 e. The number of carbonyl (C=O) groups is 1. The Morgan fingerprint density at radius 3 is 2.07 bits per heavy atom. The molecule has 1 aromatic rings. The molecule has 0 atom stereocenters. The summed E-state index contributed by atoms with van der Waals surface area (Å²) >= 11 is 0. The monoisotopic (exact) mass is 213 g/mol. The van der Waals surface area contributed by atoms with Crippen molar-refractivity contribution in [3.05, 3.63) is 30.3 Å². The Hall–Kier alpha value is -1.55. The maximum atomic E-state index is 9.98. The van der Waals surface area contributed by atoms with Crippen LogP contribution in [0.4, 0.5) is 5.69 Å². The van der Waals surface area contributed by atoms with Crippen LogP contribution in [0.5, 0.6) is 0 Å². The first kappa shape index (κ1) is 15.9. The van der Waals surface area contributed by atoms with Crippen molar-refractivity contribution in [2.45, 2.75) is 20.3 Å². The van der Waals surface area contributed by atoms with E-state index in [4.69, 9.17) is 5.73 Å². The molecule has 1 rings (SSSR count). The quantitative estimate of drug-likeness (QED) is 0.595. The van der Waals surface area contributed by atoms with Crippen molar-refractivity contribution in [2.24, 2.45) is 0 Å². The van der Waals surface area contributed by atoms with Gasteiger partial charge in [0.05, 0.1) is 6.61 Å². The maximum absolute atomic E-state index is 9.98. The molecule has 0 bridgehead atoms. The van der Waals surface area contributed by atoms with Crippen LogP contribution in [0.15, 0.2) is 30.3 Å². The van der Waals surface area contributed by atoms with E-state index in [1.54, 1.807) is 0 Å². The molecule has 4 N–H and O–H groups in total. The van der Waals surface area contributed by atoms with Crippen molar-refractivity contribution in [1.82, 2.24) is 0 Å². The summed E-state index contributed by atoms with van der Waals surface area (Å²) < 4.78 is 4.55. The zero-order chi connectivity index (χ0) is 10.8. The second-order valence-electron chi connectivity index (χ2n) is 2.75. The molecule has 86 valence electrons. The highest BCUT2D eigenvalue weighted by molar-refractivity contribution is 5.65. The molecule has 0 saturated carbocycles. The van der Waals surface area contributed by atoms with E-state index in [9.17, 15) is 4.79 Å². The molecule has 4 heteroatoms. The Morgan fingerprint density at radius 2 is 1.87 bits per heavy atom. The van der Waals surface area contributed by atoms with E-state index in [0.29, 0.717) is 6.61 Å². The molecule has 0 aliphatic heterocycles. The Kier molecular flexibility index (Phi) is 11.2. The Balaban J connectivity index is 0. The van der Waals surface area contributed by atoms with Crippen molar-refractivity contribution in [3.8, 4) is 0 Å². The van der Waals surface area contributed by atoms with Crippen LogP contribution in [0.3, 0.4) is 0 Å². The summed E-state index contributed by atoms with van der Waals surface area (Å²) in [5.74, 6) is -0.193. The van der Waals surface area contributed by atoms with Gasteiger partial charge in [-0.1, -0.05) is 25.1 Å². The lowest BCUT2D eigenvalue weighted by atomic mass is 10.3. The van der Waals surface area contributed by atoms with E-state index < -0.39 is 0 Å². The minimum absolute atomic E-state index is 0. The Labute approximate surface area is 90.4 Å². The zero-order valence-electron chi connectivity index (χ0n) is 9.19. The molecule has 0 saturated heterocycles. The summed E-state index contributed by atoms with van der Waals surface area (Å²) in [6.45, 7) is 3.92. The Morgan fingerprint density at radius 1 is 1.33 bits per heavy atom. The van der Waals surface area contributed by atoms with Gasteiger partial charge in [0, 0.05) is 12.6 Å². The lowest BCUT2D eigenvalue weighted by Crippen LogP contribution is -1.98. The lowest BCUT2D eigenvalue weighted by Gasteiger charge is -1.93. The fourth-order valence-corrected chi connectivity index (χ4v) is 0.699. The second kappa shape index (κ2) is 10.5. The molecular weight excluding hydrogens is 194 g/mol. The third-order valence-corrected chi connectivity index (χ3v) is 1.31. The predicted octanol–water partition coefficient (Wildman–Crippen LogP) is 1.40. The van der Waals surface area contributed by atoms with Gasteiger partial charge in [-0.2, -0.15) is 0 Å². The second-order valence-corrected chi connectivity index (χ2v) is 2.75. The number of ether oxygens (including phenoxy) is 1. The third kappa shape index (κ3) is 12.4. The summed E-state index contributed by atoms with van der Waals surface area (Å²) in [5.41, 5.74) is 6.18. The molecule has 0 heterocycles. The van der Waals surface area contributed by atoms with Crippen LogP contribution >= 0.6 is 0 Å². The molecule has 15 heavy (non-hydrogen) atoms. The van der Waals surface area contributed by atoms with Crippen LogP contribution in [-0.4, -0.2) is 18.1 Å². The first-order valence-corrected chi connectivity index (χ1v) is 4.60. The number of para-hydroxylation sites is 1. The summed E-state index contributed by atoms with van der Waals surface area (Å²) in [6.07, 6.45) is 0.902. The molecule has 1 aromatic carbocycles. The molecule has 0 aromatic heterocycles. The number of rotatable bonds is 2. The van der Waals surface area contributed by atoms with Crippen LogP contribution in [0.1, 0.15) is 20.3 Å². The van der Waals surface area contributed by atoms with Gasteiger partial charge < -0.3 is 15.9 Å². The number of hydrogen-bond acceptors (Lipinski definition) is 3. The van der Waals surface area contributed by atoms with Gasteiger partial charge in [0.25, 0.3) is 0 Å². The van der Waals surface area contributed by atoms with Gasteiger partial charge in [0.1, 0.15) is 0 Å². The van der Waals surface area contributed by atoms with Gasteiger partial charge in [0.15, 0.2) is 0 Å². The number of anilines is 1. The fraction of sp³-hybridized carbons (Fsp3) is 0.364. The van der Waals surface area contributed by atoms with E-state index in [2.05, 4.69) is 4.74 Å². The highest BCUT2D eigenvalue weighted by Crippen LogP contribution is 1.95. The van der Waals surface area contributed by atoms with Crippen LogP contribution in [0.2, 0.25) is 0 Å². The minimum atomic E-state index is -0.193. The van der Waals surface area contributed by atoms with Crippen molar-refractivity contribution in [2.75, 3.05) is 12.3 Å². The number of benzene rings is 1. The van der Waals surface area contributed by atoms with Crippen LogP contribution in [0.25, 0.3) is 0 Å². The van der Waals surface area contributed by atoms with Crippen LogP contribution in [0, 0.1) is 0 Å². The van der Waals surface area contributed by atoms with E-state index >= 15 is 0 Å². The predicted molar refractivity (Wildman–Crippen MR) is 61.4 cm³/mol. The molecule has 0 unspecified atom stereocenters. The van der Waals surface area contributed by atoms with Crippen molar-refractivity contribution >= 4 is 11.7 Å². The average molecular weight is 213 g/mol. The zero-order valence-corrected chi connectivity index (χ0v) is 9.19. The van der Waals surface area contributed by atoms with Gasteiger partial charge in [0.2, 0.25) is 0 Å². The van der Waals surface area contributed by atoms with E-state index in [0.717, 1.165) is 12.1 Å². The SMILES string of the molecule is CCCOC(C)=O.Nc1ccccc1.O. The third-order valence-electron chi connectivity index (χ3n) is 1.31. The van der Waals surface area contributed by atoms with Gasteiger partial charge >= 0.3 is 5.97 Å². The standard InChI is InChI=1S/C6H7N.C5H10O2.H2O/c7-6-4-2-1-3-5-6;1-3-4-7-5(2)6;/h1-5H,7H2;3-4H2,1-2H3;1H2. The molecule has 0 aliphatic carbocycles. The largest absolute Gasteiger partial charge is 0.466 e. The summed E-state index contributed by atoms with van der Waals surface area (Å²) in [7, 11) is 0. The molecule has 4 nitrogen and oxygen atoms in total. The molecule has 0 spiro atoms. The molecule has 0 fully saturated rings. The molecule has 0 amide bonds. The average Bonchev–Trinajstić information content (AvgIpc) is 2.17. The number of esters is 1. The highest BCUT2D eigenvalue weighted by atomic mass is 16.5. The van der Waals surface area contributed by atoms with Crippen molar-refractivity contribution in [1.29, 1.82) is 0 Å². The highest BCUT2D eigenvalue weighted by Gasteiger charge is 1.85. The van der Waals surface area contributed by atoms with Crippen LogP contribution in [-0.2, 0) is 9.53 Å². The van der Waals surface area contributed by atoms with Gasteiger partial charge in [-0.05, 0) is 18.6 Å². The summed E-state index contributed by atoms with van der Waals surface area (Å²) in [6, 6.07) is 9.49. The minimum Gasteiger partial charge on any atom is -0.466 e. The first-order chi connectivity index (χ1) is 6.66. The number of hydrogen-bond donors (Lipinski definition) is 1. The van der Waals surface area contributed by atoms with Crippen LogP contribution < -0.4 is 5.73 Å².